The summed E-state index contributed by atoms with van der Waals surface area (Å²) in [6.45, 7) is 3.41. The van der Waals surface area contributed by atoms with Crippen LogP contribution in [0.25, 0.3) is 0 Å². The van der Waals surface area contributed by atoms with Crippen LogP contribution in [0.4, 0.5) is 0 Å². The quantitative estimate of drug-likeness (QED) is 0.801. The van der Waals surface area contributed by atoms with Gasteiger partial charge in [-0.2, -0.15) is 5.26 Å². The van der Waals surface area contributed by atoms with Gasteiger partial charge in [0.1, 0.15) is 11.3 Å². The highest BCUT2D eigenvalue weighted by atomic mass is 16.5. The SMILES string of the molecule is COc1ccc(C(=O)N(C)C(C)(C)C#N)cc1. The summed E-state index contributed by atoms with van der Waals surface area (Å²) in [5, 5.41) is 8.98. The van der Waals surface area contributed by atoms with E-state index < -0.39 is 5.54 Å². The topological polar surface area (TPSA) is 53.3 Å². The van der Waals surface area contributed by atoms with Crippen LogP contribution in [0, 0.1) is 11.3 Å². The van der Waals surface area contributed by atoms with Crippen molar-refractivity contribution in [3.05, 3.63) is 29.8 Å². The van der Waals surface area contributed by atoms with Crippen molar-refractivity contribution >= 4 is 5.91 Å². The number of amides is 1. The zero-order valence-corrected chi connectivity index (χ0v) is 10.5. The highest BCUT2D eigenvalue weighted by Gasteiger charge is 2.27. The van der Waals surface area contributed by atoms with E-state index in [1.54, 1.807) is 52.3 Å². The lowest BCUT2D eigenvalue weighted by atomic mass is 10.0. The van der Waals surface area contributed by atoms with Gasteiger partial charge in [0, 0.05) is 12.6 Å². The van der Waals surface area contributed by atoms with Gasteiger partial charge in [-0.1, -0.05) is 0 Å². The van der Waals surface area contributed by atoms with Crippen LogP contribution < -0.4 is 4.74 Å². The Hall–Kier alpha value is -2.02. The summed E-state index contributed by atoms with van der Waals surface area (Å²) in [4.78, 5) is 13.5. The molecule has 0 saturated heterocycles. The number of methoxy groups -OCH3 is 1. The Morgan fingerprint density at radius 3 is 2.29 bits per heavy atom. The Labute approximate surface area is 101 Å². The Kier molecular flexibility index (Phi) is 3.74. The smallest absolute Gasteiger partial charge is 0.254 e. The number of benzene rings is 1. The normalized spacial score (nSPS) is 10.5. The molecule has 0 spiro atoms. The zero-order chi connectivity index (χ0) is 13.1. The third-order valence-corrected chi connectivity index (χ3v) is 2.75. The Morgan fingerprint density at radius 2 is 1.88 bits per heavy atom. The molecule has 1 aromatic rings. The molecule has 0 unspecified atom stereocenters. The zero-order valence-electron chi connectivity index (χ0n) is 10.5. The molecule has 90 valence electrons. The second-order valence-electron chi connectivity index (χ2n) is 4.26. The van der Waals surface area contributed by atoms with E-state index in [0.717, 1.165) is 0 Å². The predicted octanol–water partition coefficient (Wildman–Crippen LogP) is 2.07. The van der Waals surface area contributed by atoms with E-state index in [1.807, 2.05) is 0 Å². The highest BCUT2D eigenvalue weighted by molar-refractivity contribution is 5.94. The first-order valence-corrected chi connectivity index (χ1v) is 5.26. The highest BCUT2D eigenvalue weighted by Crippen LogP contribution is 2.17. The number of hydrogen-bond acceptors (Lipinski definition) is 3. The van der Waals surface area contributed by atoms with Crippen molar-refractivity contribution < 1.29 is 9.53 Å². The minimum Gasteiger partial charge on any atom is -0.497 e. The van der Waals surface area contributed by atoms with Gasteiger partial charge < -0.3 is 9.64 Å². The molecule has 0 radical (unpaired) electrons. The van der Waals surface area contributed by atoms with E-state index in [4.69, 9.17) is 10.00 Å². The lowest BCUT2D eigenvalue weighted by Crippen LogP contribution is -2.43. The van der Waals surface area contributed by atoms with Gasteiger partial charge in [-0.25, -0.2) is 0 Å². The number of nitrogens with zero attached hydrogens (tertiary/aromatic N) is 2. The number of nitriles is 1. The van der Waals surface area contributed by atoms with Gasteiger partial charge in [-0.15, -0.1) is 0 Å². The van der Waals surface area contributed by atoms with Crippen LogP contribution in [0.5, 0.6) is 5.75 Å². The molecular formula is C13H16N2O2. The van der Waals surface area contributed by atoms with Crippen molar-refractivity contribution in [2.75, 3.05) is 14.2 Å². The second-order valence-corrected chi connectivity index (χ2v) is 4.26. The van der Waals surface area contributed by atoms with E-state index in [0.29, 0.717) is 11.3 Å². The Morgan fingerprint density at radius 1 is 1.35 bits per heavy atom. The van der Waals surface area contributed by atoms with Crippen LogP contribution in [0.1, 0.15) is 24.2 Å². The molecular weight excluding hydrogens is 216 g/mol. The fourth-order valence-electron chi connectivity index (χ4n) is 1.26. The number of hydrogen-bond donors (Lipinski definition) is 0. The van der Waals surface area contributed by atoms with Gasteiger partial charge in [0.2, 0.25) is 0 Å². The third kappa shape index (κ3) is 2.76. The van der Waals surface area contributed by atoms with Crippen molar-refractivity contribution in [3.63, 3.8) is 0 Å². The first-order valence-electron chi connectivity index (χ1n) is 5.26. The summed E-state index contributed by atoms with van der Waals surface area (Å²) in [5.41, 5.74) is -0.284. The fourth-order valence-corrected chi connectivity index (χ4v) is 1.26. The molecule has 1 rings (SSSR count). The summed E-state index contributed by atoms with van der Waals surface area (Å²) in [7, 11) is 3.19. The van der Waals surface area contributed by atoms with Crippen LogP contribution in [0.15, 0.2) is 24.3 Å². The summed E-state index contributed by atoms with van der Waals surface area (Å²) < 4.78 is 5.02. The van der Waals surface area contributed by atoms with Crippen LogP contribution in [0.2, 0.25) is 0 Å². The molecule has 0 atom stereocenters. The van der Waals surface area contributed by atoms with Crippen LogP contribution in [-0.2, 0) is 0 Å². The first kappa shape index (κ1) is 13.0. The van der Waals surface area contributed by atoms with E-state index in [2.05, 4.69) is 6.07 Å². The Bertz CT molecular complexity index is 443. The minimum atomic E-state index is -0.822. The molecule has 17 heavy (non-hydrogen) atoms. The molecule has 0 saturated carbocycles. The summed E-state index contributed by atoms with van der Waals surface area (Å²) in [6.07, 6.45) is 0. The molecule has 0 aliphatic heterocycles. The van der Waals surface area contributed by atoms with Gasteiger partial charge in [0.25, 0.3) is 5.91 Å². The largest absolute Gasteiger partial charge is 0.497 e. The van der Waals surface area contributed by atoms with Crippen molar-refractivity contribution in [2.24, 2.45) is 0 Å². The van der Waals surface area contributed by atoms with Gasteiger partial charge in [0.05, 0.1) is 13.2 Å². The molecule has 4 nitrogen and oxygen atoms in total. The molecule has 0 aliphatic rings. The number of ether oxygens (including phenoxy) is 1. The van der Waals surface area contributed by atoms with Gasteiger partial charge in [-0.3, -0.25) is 4.79 Å². The molecule has 0 N–H and O–H groups in total. The van der Waals surface area contributed by atoms with Gasteiger partial charge >= 0.3 is 0 Å². The standard InChI is InChI=1S/C13H16N2O2/c1-13(2,9-14)15(3)12(16)10-5-7-11(17-4)8-6-10/h5-8H,1-4H3. The van der Waals surface area contributed by atoms with Crippen molar-refractivity contribution in [2.45, 2.75) is 19.4 Å². The average molecular weight is 232 g/mol. The molecule has 0 bridgehead atoms. The van der Waals surface area contributed by atoms with E-state index in [9.17, 15) is 4.79 Å². The van der Waals surface area contributed by atoms with Gasteiger partial charge in [-0.05, 0) is 38.1 Å². The number of carbonyl (C=O) groups is 1. The van der Waals surface area contributed by atoms with Crippen molar-refractivity contribution in [3.8, 4) is 11.8 Å². The third-order valence-electron chi connectivity index (χ3n) is 2.75. The van der Waals surface area contributed by atoms with E-state index in [-0.39, 0.29) is 5.91 Å². The molecule has 1 amide bonds. The Balaban J connectivity index is 2.94. The van der Waals surface area contributed by atoms with E-state index in [1.165, 1.54) is 4.90 Å². The number of carbonyl (C=O) groups excluding carboxylic acids is 1. The molecule has 0 heterocycles. The molecule has 0 aromatic heterocycles. The summed E-state index contributed by atoms with van der Waals surface area (Å²) in [5.74, 6) is 0.517. The van der Waals surface area contributed by atoms with Gasteiger partial charge in [0.15, 0.2) is 0 Å². The summed E-state index contributed by atoms with van der Waals surface area (Å²) >= 11 is 0. The molecule has 1 aromatic carbocycles. The average Bonchev–Trinajstić information content (AvgIpc) is 2.37. The van der Waals surface area contributed by atoms with Crippen LogP contribution >= 0.6 is 0 Å². The number of rotatable bonds is 3. The fraction of sp³-hybridized carbons (Fsp3) is 0.385. The first-order chi connectivity index (χ1) is 7.92. The maximum absolute atomic E-state index is 12.1. The maximum Gasteiger partial charge on any atom is 0.254 e. The molecule has 4 heteroatoms. The van der Waals surface area contributed by atoms with Crippen LogP contribution in [-0.4, -0.2) is 30.5 Å². The summed E-state index contributed by atoms with van der Waals surface area (Å²) in [6, 6.07) is 8.91. The van der Waals surface area contributed by atoms with Crippen molar-refractivity contribution in [1.29, 1.82) is 5.26 Å². The second kappa shape index (κ2) is 4.88. The molecule has 0 fully saturated rings. The van der Waals surface area contributed by atoms with Crippen molar-refractivity contribution in [1.82, 2.24) is 4.90 Å². The lowest BCUT2D eigenvalue weighted by Gasteiger charge is -2.29. The predicted molar refractivity (Wildman–Crippen MR) is 64.8 cm³/mol. The lowest BCUT2D eigenvalue weighted by molar-refractivity contribution is 0.0698. The van der Waals surface area contributed by atoms with E-state index >= 15 is 0 Å². The molecule has 0 aliphatic carbocycles. The maximum atomic E-state index is 12.1. The monoisotopic (exact) mass is 232 g/mol. The van der Waals surface area contributed by atoms with Crippen LogP contribution in [0.3, 0.4) is 0 Å². The minimum absolute atomic E-state index is 0.181.